The molecular weight excluding hydrogens is 265 g/mol. The van der Waals surface area contributed by atoms with E-state index in [0.29, 0.717) is 12.3 Å². The van der Waals surface area contributed by atoms with Crippen LogP contribution in [0.4, 0.5) is 18.9 Å². The molecule has 0 heterocycles. The zero-order valence-electron chi connectivity index (χ0n) is 9.51. The Balaban J connectivity index is 2.52. The van der Waals surface area contributed by atoms with Crippen LogP contribution < -0.4 is 11.1 Å². The third-order valence-corrected chi connectivity index (χ3v) is 3.08. The molecule has 0 aliphatic carbocycles. The molecule has 0 aliphatic rings. The van der Waals surface area contributed by atoms with Crippen LogP contribution in [0.15, 0.2) is 12.1 Å². The van der Waals surface area contributed by atoms with Crippen molar-refractivity contribution in [3.63, 3.8) is 0 Å². The largest absolute Gasteiger partial charge is 0.330 e. The fraction of sp³-hybridized carbons (Fsp3) is 0.364. The lowest BCUT2D eigenvalue weighted by Gasteiger charge is -2.07. The van der Waals surface area contributed by atoms with E-state index in [1.54, 1.807) is 0 Å². The van der Waals surface area contributed by atoms with Crippen LogP contribution in [-0.2, 0) is 4.79 Å². The minimum atomic E-state index is -1.59. The van der Waals surface area contributed by atoms with Crippen molar-refractivity contribution in [2.75, 3.05) is 23.4 Å². The monoisotopic (exact) mass is 278 g/mol. The smallest absolute Gasteiger partial charge is 0.234 e. The predicted octanol–water partition coefficient (Wildman–Crippen LogP) is 2.12. The second-order valence-corrected chi connectivity index (χ2v) is 4.57. The van der Waals surface area contributed by atoms with Crippen molar-refractivity contribution in [2.45, 2.75) is 6.42 Å². The molecule has 1 rings (SSSR count). The number of thioether (sulfide) groups is 1. The zero-order valence-corrected chi connectivity index (χ0v) is 10.3. The van der Waals surface area contributed by atoms with Crippen LogP contribution in [0.3, 0.4) is 0 Å². The van der Waals surface area contributed by atoms with Gasteiger partial charge in [0.2, 0.25) is 5.91 Å². The molecular formula is C11H13F3N2OS. The summed E-state index contributed by atoms with van der Waals surface area (Å²) in [5, 5.41) is 2.18. The van der Waals surface area contributed by atoms with Gasteiger partial charge >= 0.3 is 0 Å². The van der Waals surface area contributed by atoms with Gasteiger partial charge in [-0.15, -0.1) is 0 Å². The lowest BCUT2D eigenvalue weighted by molar-refractivity contribution is -0.113. The number of nitrogens with one attached hydrogen (secondary N) is 1. The van der Waals surface area contributed by atoms with Crippen LogP contribution in [0.25, 0.3) is 0 Å². The van der Waals surface area contributed by atoms with Crippen molar-refractivity contribution in [2.24, 2.45) is 5.73 Å². The third kappa shape index (κ3) is 4.23. The van der Waals surface area contributed by atoms with Crippen molar-refractivity contribution in [3.8, 4) is 0 Å². The average Bonchev–Trinajstić information content (AvgIpc) is 2.35. The van der Waals surface area contributed by atoms with Gasteiger partial charge in [-0.1, -0.05) is 0 Å². The van der Waals surface area contributed by atoms with Crippen LogP contribution in [0.5, 0.6) is 0 Å². The molecule has 0 radical (unpaired) electrons. The first kappa shape index (κ1) is 14.8. The van der Waals surface area contributed by atoms with Gasteiger partial charge in [-0.25, -0.2) is 13.2 Å². The Bertz CT molecular complexity index is 429. The highest BCUT2D eigenvalue weighted by atomic mass is 32.2. The number of nitrogens with two attached hydrogens (primary N) is 1. The van der Waals surface area contributed by atoms with Gasteiger partial charge in [-0.3, -0.25) is 4.79 Å². The lowest BCUT2D eigenvalue weighted by atomic mass is 10.3. The first-order valence-electron chi connectivity index (χ1n) is 5.27. The molecule has 0 spiro atoms. The molecule has 0 atom stereocenters. The van der Waals surface area contributed by atoms with Gasteiger partial charge in [0.1, 0.15) is 0 Å². The molecule has 0 aromatic heterocycles. The molecule has 7 heteroatoms. The summed E-state index contributed by atoms with van der Waals surface area (Å²) in [4.78, 5) is 11.4. The van der Waals surface area contributed by atoms with Gasteiger partial charge in [0.05, 0.1) is 11.4 Å². The van der Waals surface area contributed by atoms with Crippen LogP contribution in [0.1, 0.15) is 6.42 Å². The molecule has 0 aliphatic heterocycles. The van der Waals surface area contributed by atoms with Crippen molar-refractivity contribution < 1.29 is 18.0 Å². The van der Waals surface area contributed by atoms with Crippen LogP contribution >= 0.6 is 11.8 Å². The summed E-state index contributed by atoms with van der Waals surface area (Å²) in [6.45, 7) is 0.534. The average molecular weight is 278 g/mol. The Morgan fingerprint density at radius 1 is 1.28 bits per heavy atom. The maximum atomic E-state index is 13.2. The van der Waals surface area contributed by atoms with Gasteiger partial charge in [-0.2, -0.15) is 11.8 Å². The maximum Gasteiger partial charge on any atom is 0.234 e. The van der Waals surface area contributed by atoms with E-state index in [1.807, 2.05) is 0 Å². The zero-order chi connectivity index (χ0) is 13.5. The second kappa shape index (κ2) is 7.27. The minimum absolute atomic E-state index is 0.110. The number of rotatable bonds is 6. The summed E-state index contributed by atoms with van der Waals surface area (Å²) in [7, 11) is 0. The Morgan fingerprint density at radius 2 is 2.00 bits per heavy atom. The molecule has 0 fully saturated rings. The van der Waals surface area contributed by atoms with Crippen LogP contribution in [-0.4, -0.2) is 24.0 Å². The molecule has 0 unspecified atom stereocenters. The maximum absolute atomic E-state index is 13.2. The minimum Gasteiger partial charge on any atom is -0.330 e. The van der Waals surface area contributed by atoms with Gasteiger partial charge in [0.15, 0.2) is 17.5 Å². The number of amides is 1. The predicted molar refractivity (Wildman–Crippen MR) is 65.9 cm³/mol. The van der Waals surface area contributed by atoms with Crippen LogP contribution in [0, 0.1) is 17.5 Å². The van der Waals surface area contributed by atoms with E-state index in [2.05, 4.69) is 5.32 Å². The fourth-order valence-corrected chi connectivity index (χ4v) is 1.93. The number of carbonyl (C=O) groups excluding carboxylic acids is 1. The van der Waals surface area contributed by atoms with Gasteiger partial charge in [0.25, 0.3) is 0 Å². The highest BCUT2D eigenvalue weighted by molar-refractivity contribution is 7.99. The Morgan fingerprint density at radius 3 is 2.67 bits per heavy atom. The molecule has 1 aromatic rings. The van der Waals surface area contributed by atoms with E-state index >= 15 is 0 Å². The van der Waals surface area contributed by atoms with Crippen LogP contribution in [0.2, 0.25) is 0 Å². The molecule has 0 saturated heterocycles. The standard InChI is InChI=1S/C11H13F3N2OS/c12-7-2-3-8(11(14)10(7)13)16-9(17)6-18-5-1-4-15/h2-3H,1,4-6,15H2,(H,16,17). The number of anilines is 1. The van der Waals surface area contributed by atoms with E-state index in [4.69, 9.17) is 5.73 Å². The molecule has 100 valence electrons. The highest BCUT2D eigenvalue weighted by Crippen LogP contribution is 2.19. The summed E-state index contributed by atoms with van der Waals surface area (Å²) >= 11 is 1.34. The van der Waals surface area contributed by atoms with Crippen molar-refractivity contribution in [3.05, 3.63) is 29.6 Å². The number of carbonyl (C=O) groups is 1. The van der Waals surface area contributed by atoms with E-state index in [0.717, 1.165) is 18.6 Å². The SMILES string of the molecule is NCCCSCC(=O)Nc1ccc(F)c(F)c1F. The quantitative estimate of drug-likeness (QED) is 0.619. The molecule has 3 N–H and O–H groups in total. The normalized spacial score (nSPS) is 10.4. The van der Waals surface area contributed by atoms with E-state index in [1.165, 1.54) is 11.8 Å². The van der Waals surface area contributed by atoms with Crippen molar-refractivity contribution in [1.82, 2.24) is 0 Å². The molecule has 18 heavy (non-hydrogen) atoms. The Hall–Kier alpha value is -1.21. The number of hydrogen-bond acceptors (Lipinski definition) is 3. The second-order valence-electron chi connectivity index (χ2n) is 3.47. The van der Waals surface area contributed by atoms with E-state index < -0.39 is 23.4 Å². The van der Waals surface area contributed by atoms with Crippen molar-refractivity contribution >= 4 is 23.4 Å². The molecule has 3 nitrogen and oxygen atoms in total. The van der Waals surface area contributed by atoms with Gasteiger partial charge in [-0.05, 0) is 30.9 Å². The molecule has 1 amide bonds. The highest BCUT2D eigenvalue weighted by Gasteiger charge is 2.14. The Labute approximate surface area is 107 Å². The summed E-state index contributed by atoms with van der Waals surface area (Å²) in [5.41, 5.74) is 4.92. The fourth-order valence-electron chi connectivity index (χ4n) is 1.16. The molecule has 1 aromatic carbocycles. The van der Waals surface area contributed by atoms with E-state index in [-0.39, 0.29) is 11.4 Å². The summed E-state index contributed by atoms with van der Waals surface area (Å²) in [6.07, 6.45) is 0.775. The Kier molecular flexibility index (Phi) is 6.00. The summed E-state index contributed by atoms with van der Waals surface area (Å²) < 4.78 is 38.7. The lowest BCUT2D eigenvalue weighted by Crippen LogP contribution is -2.16. The summed E-state index contributed by atoms with van der Waals surface area (Å²) in [5.74, 6) is -3.92. The topological polar surface area (TPSA) is 55.1 Å². The van der Waals surface area contributed by atoms with Crippen molar-refractivity contribution in [1.29, 1.82) is 0 Å². The third-order valence-electron chi connectivity index (χ3n) is 2.04. The van der Waals surface area contributed by atoms with Gasteiger partial charge < -0.3 is 11.1 Å². The number of benzene rings is 1. The first-order valence-corrected chi connectivity index (χ1v) is 6.43. The van der Waals surface area contributed by atoms with E-state index in [9.17, 15) is 18.0 Å². The van der Waals surface area contributed by atoms with Gasteiger partial charge in [0, 0.05) is 0 Å². The molecule has 0 saturated carbocycles. The first-order chi connectivity index (χ1) is 8.56. The number of hydrogen-bond donors (Lipinski definition) is 2. The summed E-state index contributed by atoms with van der Waals surface area (Å²) in [6, 6.07) is 1.74. The molecule has 0 bridgehead atoms. The number of halogens is 3.